The van der Waals surface area contributed by atoms with Crippen LogP contribution in [0.3, 0.4) is 0 Å². The van der Waals surface area contributed by atoms with E-state index in [1.807, 2.05) is 6.07 Å². The van der Waals surface area contributed by atoms with Crippen LogP contribution >= 0.6 is 11.6 Å². The van der Waals surface area contributed by atoms with Gasteiger partial charge in [0.25, 0.3) is 5.69 Å². The number of nitriles is 1. The van der Waals surface area contributed by atoms with E-state index < -0.39 is 10.7 Å². The minimum atomic E-state index is -0.603. The van der Waals surface area contributed by atoms with Gasteiger partial charge in [-0.25, -0.2) is 4.39 Å². The summed E-state index contributed by atoms with van der Waals surface area (Å²) < 4.78 is 13.0. The predicted octanol–water partition coefficient (Wildman–Crippen LogP) is 4.00. The zero-order chi connectivity index (χ0) is 14.7. The van der Waals surface area contributed by atoms with Crippen molar-refractivity contribution >= 4 is 28.7 Å². The van der Waals surface area contributed by atoms with E-state index in [2.05, 4.69) is 5.32 Å². The second kappa shape index (κ2) is 5.55. The van der Waals surface area contributed by atoms with Crippen molar-refractivity contribution in [2.24, 2.45) is 0 Å². The highest BCUT2D eigenvalue weighted by Crippen LogP contribution is 2.29. The monoisotopic (exact) mass is 291 g/mol. The normalized spacial score (nSPS) is 9.85. The molecule has 0 aromatic heterocycles. The van der Waals surface area contributed by atoms with E-state index in [4.69, 9.17) is 16.9 Å². The highest BCUT2D eigenvalue weighted by molar-refractivity contribution is 6.31. The molecule has 0 heterocycles. The molecule has 0 radical (unpaired) electrons. The summed E-state index contributed by atoms with van der Waals surface area (Å²) in [6.07, 6.45) is 0. The Morgan fingerprint density at radius 3 is 2.65 bits per heavy atom. The van der Waals surface area contributed by atoms with Crippen molar-refractivity contribution in [3.63, 3.8) is 0 Å². The number of nitro benzene ring substituents is 1. The van der Waals surface area contributed by atoms with Gasteiger partial charge in [0, 0.05) is 11.8 Å². The van der Waals surface area contributed by atoms with Gasteiger partial charge in [-0.3, -0.25) is 10.1 Å². The average molecular weight is 292 g/mol. The standard InChI is InChI=1S/C13H7ClFN3O2/c14-10-6-9(2-3-11(10)15)17-12-4-1-8(7-16)5-13(12)18(19)20/h1-6,17H. The third-order valence-electron chi connectivity index (χ3n) is 2.52. The minimum Gasteiger partial charge on any atom is -0.350 e. The molecule has 2 aromatic rings. The van der Waals surface area contributed by atoms with Gasteiger partial charge in [-0.15, -0.1) is 0 Å². The number of nitrogens with one attached hydrogen (secondary N) is 1. The summed E-state index contributed by atoms with van der Waals surface area (Å²) >= 11 is 5.64. The molecule has 0 bridgehead atoms. The van der Waals surface area contributed by atoms with E-state index in [9.17, 15) is 14.5 Å². The summed E-state index contributed by atoms with van der Waals surface area (Å²) in [5, 5.41) is 22.4. The molecule has 7 heteroatoms. The third kappa shape index (κ3) is 2.84. The van der Waals surface area contributed by atoms with Gasteiger partial charge in [-0.05, 0) is 30.3 Å². The number of halogens is 2. The van der Waals surface area contributed by atoms with Crippen molar-refractivity contribution in [1.29, 1.82) is 5.26 Å². The van der Waals surface area contributed by atoms with Gasteiger partial charge < -0.3 is 5.32 Å². The molecule has 0 spiro atoms. The lowest BCUT2D eigenvalue weighted by Crippen LogP contribution is -1.98. The SMILES string of the molecule is N#Cc1ccc(Nc2ccc(F)c(Cl)c2)c([N+](=O)[O-])c1. The maximum Gasteiger partial charge on any atom is 0.293 e. The quantitative estimate of drug-likeness (QED) is 0.684. The summed E-state index contributed by atoms with van der Waals surface area (Å²) in [4.78, 5) is 10.4. The maximum atomic E-state index is 13.0. The number of benzene rings is 2. The second-order valence-corrected chi connectivity index (χ2v) is 4.26. The Labute approximate surface area is 118 Å². The van der Waals surface area contributed by atoms with Crippen LogP contribution in [0.5, 0.6) is 0 Å². The van der Waals surface area contributed by atoms with Crippen molar-refractivity contribution < 1.29 is 9.31 Å². The number of nitrogens with zero attached hydrogens (tertiary/aromatic N) is 2. The highest BCUT2D eigenvalue weighted by Gasteiger charge is 2.15. The second-order valence-electron chi connectivity index (χ2n) is 3.85. The first-order valence-electron chi connectivity index (χ1n) is 5.42. The lowest BCUT2D eigenvalue weighted by atomic mass is 10.2. The summed E-state index contributed by atoms with van der Waals surface area (Å²) in [5.41, 5.74) is 0.532. The van der Waals surface area contributed by atoms with Gasteiger partial charge in [0.2, 0.25) is 0 Å². The largest absolute Gasteiger partial charge is 0.350 e. The van der Waals surface area contributed by atoms with Crippen LogP contribution in [0.4, 0.5) is 21.5 Å². The van der Waals surface area contributed by atoms with Gasteiger partial charge in [0.05, 0.1) is 21.6 Å². The summed E-state index contributed by atoms with van der Waals surface area (Å²) in [6, 6.07) is 9.72. The van der Waals surface area contributed by atoms with E-state index in [1.54, 1.807) is 0 Å². The van der Waals surface area contributed by atoms with Crippen molar-refractivity contribution in [3.8, 4) is 6.07 Å². The predicted molar refractivity (Wildman–Crippen MR) is 72.5 cm³/mol. The Morgan fingerprint density at radius 1 is 1.30 bits per heavy atom. The molecule has 0 fully saturated rings. The van der Waals surface area contributed by atoms with Crippen LogP contribution in [0.1, 0.15) is 5.56 Å². The molecule has 20 heavy (non-hydrogen) atoms. The topological polar surface area (TPSA) is 79.0 Å². The number of hydrogen-bond acceptors (Lipinski definition) is 4. The Hall–Kier alpha value is -2.65. The van der Waals surface area contributed by atoms with E-state index in [-0.39, 0.29) is 22.0 Å². The van der Waals surface area contributed by atoms with E-state index in [0.29, 0.717) is 5.69 Å². The van der Waals surface area contributed by atoms with Gasteiger partial charge in [-0.1, -0.05) is 11.6 Å². The van der Waals surface area contributed by atoms with Crippen LogP contribution in [0, 0.1) is 27.3 Å². The molecule has 0 atom stereocenters. The van der Waals surface area contributed by atoms with Crippen molar-refractivity contribution in [3.05, 3.63) is 62.9 Å². The molecule has 0 aliphatic rings. The van der Waals surface area contributed by atoms with Crippen LogP contribution in [-0.2, 0) is 0 Å². The Morgan fingerprint density at radius 2 is 2.05 bits per heavy atom. The minimum absolute atomic E-state index is 0.0914. The molecule has 0 saturated heterocycles. The molecule has 1 N–H and O–H groups in total. The number of rotatable bonds is 3. The fourth-order valence-electron chi connectivity index (χ4n) is 1.59. The smallest absolute Gasteiger partial charge is 0.293 e. The molecule has 0 aliphatic heterocycles. The molecule has 100 valence electrons. The highest BCUT2D eigenvalue weighted by atomic mass is 35.5. The van der Waals surface area contributed by atoms with E-state index in [0.717, 1.165) is 12.1 Å². The fourth-order valence-corrected chi connectivity index (χ4v) is 1.77. The summed E-state index contributed by atoms with van der Waals surface area (Å²) in [7, 11) is 0. The molecule has 2 rings (SSSR count). The molecule has 0 unspecified atom stereocenters. The third-order valence-corrected chi connectivity index (χ3v) is 2.81. The molecule has 0 aliphatic carbocycles. The van der Waals surface area contributed by atoms with Crippen LogP contribution in [0.2, 0.25) is 5.02 Å². The van der Waals surface area contributed by atoms with Gasteiger partial charge in [0.15, 0.2) is 0 Å². The lowest BCUT2D eigenvalue weighted by Gasteiger charge is -2.08. The number of nitro groups is 1. The van der Waals surface area contributed by atoms with Crippen molar-refractivity contribution in [2.45, 2.75) is 0 Å². The van der Waals surface area contributed by atoms with Crippen LogP contribution in [0.25, 0.3) is 0 Å². The first kappa shape index (κ1) is 13.8. The van der Waals surface area contributed by atoms with Gasteiger partial charge in [0.1, 0.15) is 11.5 Å². The van der Waals surface area contributed by atoms with Crippen LogP contribution in [-0.4, -0.2) is 4.92 Å². The van der Waals surface area contributed by atoms with Gasteiger partial charge in [-0.2, -0.15) is 5.26 Å². The zero-order valence-electron chi connectivity index (χ0n) is 9.93. The molecule has 0 amide bonds. The molecule has 2 aromatic carbocycles. The fraction of sp³-hybridized carbons (Fsp3) is 0. The van der Waals surface area contributed by atoms with Crippen LogP contribution < -0.4 is 5.32 Å². The summed E-state index contributed by atoms with van der Waals surface area (Å²) in [5.74, 6) is -0.577. The van der Waals surface area contributed by atoms with Crippen molar-refractivity contribution in [2.75, 3.05) is 5.32 Å². The first-order valence-corrected chi connectivity index (χ1v) is 5.79. The molecular weight excluding hydrogens is 285 g/mol. The molecule has 5 nitrogen and oxygen atoms in total. The lowest BCUT2D eigenvalue weighted by molar-refractivity contribution is -0.383. The molecular formula is C13H7ClFN3O2. The average Bonchev–Trinajstić information content (AvgIpc) is 2.43. The van der Waals surface area contributed by atoms with E-state index in [1.165, 1.54) is 24.3 Å². The van der Waals surface area contributed by atoms with E-state index >= 15 is 0 Å². The Balaban J connectivity index is 2.40. The van der Waals surface area contributed by atoms with Crippen molar-refractivity contribution in [1.82, 2.24) is 0 Å². The van der Waals surface area contributed by atoms with Crippen LogP contribution in [0.15, 0.2) is 36.4 Å². The van der Waals surface area contributed by atoms with Gasteiger partial charge >= 0.3 is 0 Å². The first-order chi connectivity index (χ1) is 9.51. The zero-order valence-corrected chi connectivity index (χ0v) is 10.7. The number of hydrogen-bond donors (Lipinski definition) is 1. The maximum absolute atomic E-state index is 13.0. The summed E-state index contributed by atoms with van der Waals surface area (Å²) in [6.45, 7) is 0. The molecule has 0 saturated carbocycles. The Bertz CT molecular complexity index is 728. The Kier molecular flexibility index (Phi) is 3.82. The number of anilines is 2.